The lowest BCUT2D eigenvalue weighted by molar-refractivity contribution is -0.129. The second-order valence-electron chi connectivity index (χ2n) is 4.63. The normalized spacial score (nSPS) is 11.7. The maximum Gasteiger partial charge on any atom is 0.240 e. The molecule has 100 valence electrons. The van der Waals surface area contributed by atoms with Crippen LogP contribution in [0.5, 0.6) is 0 Å². The van der Waals surface area contributed by atoms with Gasteiger partial charge >= 0.3 is 0 Å². The van der Waals surface area contributed by atoms with Crippen molar-refractivity contribution in [3.63, 3.8) is 0 Å². The molecule has 5 nitrogen and oxygen atoms in total. The molecule has 0 unspecified atom stereocenters. The monoisotopic (exact) mass is 259 g/mol. The lowest BCUT2D eigenvalue weighted by Gasteiger charge is -2.17. The Kier molecular flexibility index (Phi) is 5.07. The number of amides is 2. The van der Waals surface area contributed by atoms with E-state index >= 15 is 0 Å². The number of hydrogen-bond donors (Lipinski definition) is 2. The third kappa shape index (κ3) is 4.43. The first-order valence-corrected chi connectivity index (χ1v) is 6.02. The van der Waals surface area contributed by atoms with E-state index < -0.39 is 11.9 Å². The lowest BCUT2D eigenvalue weighted by Crippen LogP contribution is -2.47. The van der Waals surface area contributed by atoms with Crippen LogP contribution in [0.1, 0.15) is 25.0 Å². The molecule has 0 aliphatic rings. The summed E-state index contributed by atoms with van der Waals surface area (Å²) >= 11 is 0. The molecule has 5 heteroatoms. The predicted octanol–water partition coefficient (Wildman–Crippen LogP) is 0.727. The van der Waals surface area contributed by atoms with E-state index in [1.165, 1.54) is 0 Å². The average Bonchev–Trinajstić information content (AvgIpc) is 2.37. The van der Waals surface area contributed by atoms with E-state index in [0.29, 0.717) is 5.56 Å². The standard InChI is InChI=1S/C14H17N3O2/c1-9(2)14(19)17-12(13(16)18)7-10-4-3-5-11(6-10)8-15/h3-6,9,12H,7H2,1-2H3,(H2,16,18)(H,17,19)/t12-/m0/s1. The van der Waals surface area contributed by atoms with E-state index in [9.17, 15) is 9.59 Å². The second-order valence-corrected chi connectivity index (χ2v) is 4.63. The van der Waals surface area contributed by atoms with Gasteiger partial charge in [-0.15, -0.1) is 0 Å². The minimum atomic E-state index is -0.760. The third-order valence-corrected chi connectivity index (χ3v) is 2.68. The van der Waals surface area contributed by atoms with E-state index in [1.807, 2.05) is 6.07 Å². The zero-order valence-electron chi connectivity index (χ0n) is 11.0. The van der Waals surface area contributed by atoms with Crippen LogP contribution < -0.4 is 11.1 Å². The van der Waals surface area contributed by atoms with Crippen molar-refractivity contribution in [2.75, 3.05) is 0 Å². The van der Waals surface area contributed by atoms with E-state index in [1.54, 1.807) is 38.1 Å². The fourth-order valence-electron chi connectivity index (χ4n) is 1.56. The number of rotatable bonds is 5. The van der Waals surface area contributed by atoms with Crippen molar-refractivity contribution in [1.29, 1.82) is 5.26 Å². The summed E-state index contributed by atoms with van der Waals surface area (Å²) in [5.74, 6) is -1.02. The first-order valence-electron chi connectivity index (χ1n) is 6.02. The molecule has 19 heavy (non-hydrogen) atoms. The maximum absolute atomic E-state index is 11.6. The van der Waals surface area contributed by atoms with Crippen LogP contribution in [-0.2, 0) is 16.0 Å². The molecule has 0 radical (unpaired) electrons. The van der Waals surface area contributed by atoms with Crippen LogP contribution in [0.15, 0.2) is 24.3 Å². The summed E-state index contributed by atoms with van der Waals surface area (Å²) in [6.45, 7) is 3.48. The first-order chi connectivity index (χ1) is 8.93. The van der Waals surface area contributed by atoms with Crippen LogP contribution in [0.4, 0.5) is 0 Å². The molecule has 0 heterocycles. The van der Waals surface area contributed by atoms with Gasteiger partial charge in [-0.05, 0) is 17.7 Å². The zero-order valence-corrected chi connectivity index (χ0v) is 11.0. The molecule has 3 N–H and O–H groups in total. The molecule has 0 saturated heterocycles. The second kappa shape index (κ2) is 6.55. The Balaban J connectivity index is 2.81. The van der Waals surface area contributed by atoms with E-state index in [-0.39, 0.29) is 18.2 Å². The van der Waals surface area contributed by atoms with Crippen LogP contribution in [0.25, 0.3) is 0 Å². The number of carbonyl (C=O) groups is 2. The van der Waals surface area contributed by atoms with Gasteiger partial charge in [-0.25, -0.2) is 0 Å². The molecule has 0 aromatic heterocycles. The van der Waals surface area contributed by atoms with Gasteiger partial charge in [0, 0.05) is 12.3 Å². The fourth-order valence-corrected chi connectivity index (χ4v) is 1.56. The third-order valence-electron chi connectivity index (χ3n) is 2.68. The highest BCUT2D eigenvalue weighted by Gasteiger charge is 2.20. The molecule has 0 fully saturated rings. The molecular formula is C14H17N3O2. The van der Waals surface area contributed by atoms with Gasteiger partial charge in [0.25, 0.3) is 0 Å². The Morgan fingerprint density at radius 2 is 2.11 bits per heavy atom. The van der Waals surface area contributed by atoms with Gasteiger partial charge in [0.15, 0.2) is 0 Å². The molecule has 2 amide bonds. The van der Waals surface area contributed by atoms with Crippen molar-refractivity contribution in [2.24, 2.45) is 11.7 Å². The number of nitrogens with zero attached hydrogens (tertiary/aromatic N) is 1. The average molecular weight is 259 g/mol. The number of benzene rings is 1. The zero-order chi connectivity index (χ0) is 14.4. The lowest BCUT2D eigenvalue weighted by atomic mass is 10.0. The van der Waals surface area contributed by atoms with Crippen molar-refractivity contribution in [1.82, 2.24) is 5.32 Å². The highest BCUT2D eigenvalue weighted by atomic mass is 16.2. The van der Waals surface area contributed by atoms with Gasteiger partial charge in [0.2, 0.25) is 11.8 Å². The summed E-state index contributed by atoms with van der Waals surface area (Å²) < 4.78 is 0. The number of nitriles is 1. The molecule has 1 atom stereocenters. The molecule has 1 aromatic rings. The van der Waals surface area contributed by atoms with Gasteiger partial charge in [-0.3, -0.25) is 9.59 Å². The summed E-state index contributed by atoms with van der Waals surface area (Å²) in [6.07, 6.45) is 0.281. The Hall–Kier alpha value is -2.35. The molecule has 0 aliphatic carbocycles. The smallest absolute Gasteiger partial charge is 0.240 e. The SMILES string of the molecule is CC(C)C(=O)N[C@@H](Cc1cccc(C#N)c1)C(N)=O. The molecule has 1 aromatic carbocycles. The van der Waals surface area contributed by atoms with Gasteiger partial charge in [-0.1, -0.05) is 26.0 Å². The minimum Gasteiger partial charge on any atom is -0.368 e. The number of nitrogens with two attached hydrogens (primary N) is 1. The van der Waals surface area contributed by atoms with E-state index in [4.69, 9.17) is 11.0 Å². The Bertz CT molecular complexity index is 518. The molecule has 0 saturated carbocycles. The van der Waals surface area contributed by atoms with Gasteiger partial charge in [0.1, 0.15) is 6.04 Å². The summed E-state index contributed by atoms with van der Waals surface area (Å²) in [5.41, 5.74) is 6.58. The summed E-state index contributed by atoms with van der Waals surface area (Å²) in [7, 11) is 0. The van der Waals surface area contributed by atoms with Gasteiger partial charge < -0.3 is 11.1 Å². The van der Waals surface area contributed by atoms with Crippen molar-refractivity contribution >= 4 is 11.8 Å². The maximum atomic E-state index is 11.6. The largest absolute Gasteiger partial charge is 0.368 e. The molecular weight excluding hydrogens is 242 g/mol. The number of carbonyl (C=O) groups excluding carboxylic acids is 2. The fraction of sp³-hybridized carbons (Fsp3) is 0.357. The highest BCUT2D eigenvalue weighted by Crippen LogP contribution is 2.07. The first kappa shape index (κ1) is 14.7. The van der Waals surface area contributed by atoms with Crippen molar-refractivity contribution in [2.45, 2.75) is 26.3 Å². The number of nitrogens with one attached hydrogen (secondary N) is 1. The Morgan fingerprint density at radius 3 is 2.63 bits per heavy atom. The van der Waals surface area contributed by atoms with Crippen molar-refractivity contribution in [3.8, 4) is 6.07 Å². The Morgan fingerprint density at radius 1 is 1.42 bits per heavy atom. The summed E-state index contributed by atoms with van der Waals surface area (Å²) in [5, 5.41) is 11.4. The molecule has 1 rings (SSSR count). The van der Waals surface area contributed by atoms with Crippen LogP contribution >= 0.6 is 0 Å². The van der Waals surface area contributed by atoms with Gasteiger partial charge in [-0.2, -0.15) is 5.26 Å². The number of hydrogen-bond acceptors (Lipinski definition) is 3. The van der Waals surface area contributed by atoms with Crippen LogP contribution in [0.3, 0.4) is 0 Å². The van der Waals surface area contributed by atoms with Crippen LogP contribution in [-0.4, -0.2) is 17.9 Å². The van der Waals surface area contributed by atoms with Crippen LogP contribution in [0, 0.1) is 17.2 Å². The summed E-state index contributed by atoms with van der Waals surface area (Å²) in [6, 6.07) is 8.14. The molecule has 0 aliphatic heterocycles. The predicted molar refractivity (Wildman–Crippen MR) is 70.8 cm³/mol. The van der Waals surface area contributed by atoms with Crippen molar-refractivity contribution < 1.29 is 9.59 Å². The Labute approximate surface area is 112 Å². The quantitative estimate of drug-likeness (QED) is 0.815. The van der Waals surface area contributed by atoms with Gasteiger partial charge in [0.05, 0.1) is 11.6 Å². The van der Waals surface area contributed by atoms with E-state index in [2.05, 4.69) is 5.32 Å². The number of primary amides is 1. The minimum absolute atomic E-state index is 0.215. The van der Waals surface area contributed by atoms with Crippen LogP contribution in [0.2, 0.25) is 0 Å². The molecule has 0 bridgehead atoms. The topological polar surface area (TPSA) is 96.0 Å². The molecule has 0 spiro atoms. The van der Waals surface area contributed by atoms with E-state index in [0.717, 1.165) is 5.56 Å². The van der Waals surface area contributed by atoms with Crippen molar-refractivity contribution in [3.05, 3.63) is 35.4 Å². The summed E-state index contributed by atoms with van der Waals surface area (Å²) in [4.78, 5) is 23.0. The highest BCUT2D eigenvalue weighted by molar-refractivity contribution is 5.87.